The van der Waals surface area contributed by atoms with Crippen molar-refractivity contribution >= 4 is 29.2 Å². The second kappa shape index (κ2) is 7.64. The van der Waals surface area contributed by atoms with Gasteiger partial charge in [-0.25, -0.2) is 4.79 Å². The van der Waals surface area contributed by atoms with Crippen molar-refractivity contribution in [3.05, 3.63) is 0 Å². The third-order valence-electron chi connectivity index (χ3n) is 0.641. The van der Waals surface area contributed by atoms with Crippen molar-refractivity contribution in [3.8, 4) is 0 Å². The molecule has 0 spiro atoms. The minimum atomic E-state index is -0.798. The molecule has 0 N–H and O–H groups in total. The number of hydrogen-bond acceptors (Lipinski definition) is 4. The maximum atomic E-state index is 10.6. The molecule has 0 aliphatic rings. The number of carbonyl (C=O) groups is 1. The Hall–Kier alpha value is -0.00377. The van der Waals surface area contributed by atoms with E-state index in [-0.39, 0.29) is 38.1 Å². The molecule has 0 aromatic rings. The van der Waals surface area contributed by atoms with Crippen LogP contribution in [0.3, 0.4) is 0 Å². The van der Waals surface area contributed by atoms with Crippen LogP contribution in [0.5, 0.6) is 0 Å². The van der Waals surface area contributed by atoms with Crippen molar-refractivity contribution in [3.63, 3.8) is 0 Å². The van der Waals surface area contributed by atoms with Gasteiger partial charge in [0.05, 0.1) is 12.2 Å². The second-order valence-electron chi connectivity index (χ2n) is 2.64. The van der Waals surface area contributed by atoms with Gasteiger partial charge in [0.1, 0.15) is 0 Å². The first-order valence-corrected chi connectivity index (χ1v) is 3.56. The second-order valence-corrected chi connectivity index (χ2v) is 2.64. The molecule has 0 aromatic carbocycles. The first-order valence-electron chi connectivity index (χ1n) is 3.56. The van der Waals surface area contributed by atoms with E-state index in [1.54, 1.807) is 27.7 Å². The number of hydrogen-bond donors (Lipinski definition) is 0. The van der Waals surface area contributed by atoms with Crippen molar-refractivity contribution in [2.75, 3.05) is 0 Å². The topological polar surface area (TPSA) is 44.8 Å². The van der Waals surface area contributed by atoms with Gasteiger partial charge in [-0.2, -0.15) is 4.89 Å². The number of ether oxygens (including phenoxy) is 1. The minimum absolute atomic E-state index is 0. The molecule has 0 heterocycles. The molecule has 0 aliphatic heterocycles. The Morgan fingerprint density at radius 1 is 1.17 bits per heavy atom. The van der Waals surface area contributed by atoms with Crippen LogP contribution in [-0.2, 0) is 14.5 Å². The summed E-state index contributed by atoms with van der Waals surface area (Å²) in [6.07, 6.45) is -1.12. The van der Waals surface area contributed by atoms with Gasteiger partial charge in [0.15, 0.2) is 0 Å². The van der Waals surface area contributed by atoms with Crippen molar-refractivity contribution in [1.82, 2.24) is 0 Å². The van der Waals surface area contributed by atoms with Crippen LogP contribution in [-0.4, -0.2) is 41.4 Å². The molecule has 0 unspecified atom stereocenters. The summed E-state index contributed by atoms with van der Waals surface area (Å²) in [6.45, 7) is 6.97. The average molecular weight is 189 g/mol. The monoisotopic (exact) mass is 188 g/mol. The van der Waals surface area contributed by atoms with Crippen LogP contribution < -0.4 is 0 Å². The van der Waals surface area contributed by atoms with Crippen molar-refractivity contribution < 1.29 is 22.2 Å². The van der Waals surface area contributed by atoms with E-state index in [1.165, 1.54) is 0 Å². The maximum Gasteiger partial charge on any atom is 2.00 e. The van der Waals surface area contributed by atoms with Gasteiger partial charge in [0.2, 0.25) is 0 Å². The van der Waals surface area contributed by atoms with Gasteiger partial charge in [0, 0.05) is 0 Å². The zero-order valence-corrected chi connectivity index (χ0v) is 9.41. The fraction of sp³-hybridized carbons (Fsp3) is 0.857. The van der Waals surface area contributed by atoms with Gasteiger partial charge in [-0.1, -0.05) is 0 Å². The molecule has 5 heteroatoms. The number of rotatable bonds is 3. The fourth-order valence-corrected chi connectivity index (χ4v) is 0.348. The maximum absolute atomic E-state index is 10.6. The molecule has 0 saturated carbocycles. The third-order valence-corrected chi connectivity index (χ3v) is 0.641. The fourth-order valence-electron chi connectivity index (χ4n) is 0.348. The van der Waals surface area contributed by atoms with Crippen LogP contribution in [0, 0.1) is 0 Å². The Balaban J connectivity index is -0.000000167. The largest absolute Gasteiger partial charge is 2.00 e. The summed E-state index contributed by atoms with van der Waals surface area (Å²) < 4.78 is 4.61. The summed E-state index contributed by atoms with van der Waals surface area (Å²) in [6, 6.07) is 0. The van der Waals surface area contributed by atoms with Gasteiger partial charge >= 0.3 is 29.2 Å². The van der Waals surface area contributed by atoms with Crippen molar-refractivity contribution in [2.24, 2.45) is 0 Å². The molecular formula is C7H16MgO4. The normalized spacial score (nSPS) is 9.50. The van der Waals surface area contributed by atoms with Crippen molar-refractivity contribution in [1.29, 1.82) is 0 Å². The zero-order valence-electron chi connectivity index (χ0n) is 9.99. The van der Waals surface area contributed by atoms with E-state index in [9.17, 15) is 4.79 Å². The van der Waals surface area contributed by atoms with Gasteiger partial charge in [0.25, 0.3) is 0 Å². The summed E-state index contributed by atoms with van der Waals surface area (Å²) in [4.78, 5) is 19.4. The molecule has 0 radical (unpaired) electrons. The van der Waals surface area contributed by atoms with E-state index in [0.717, 1.165) is 0 Å². The Labute approximate surface area is 91.6 Å². The van der Waals surface area contributed by atoms with Crippen LogP contribution in [0.4, 0.5) is 4.79 Å². The Kier molecular flexibility index (Phi) is 9.24. The minimum Gasteiger partial charge on any atom is -1.00 e. The molecular weight excluding hydrogens is 172 g/mol. The number of carbonyl (C=O) groups excluding carboxylic acids is 1. The molecule has 0 rings (SSSR count). The van der Waals surface area contributed by atoms with Crippen LogP contribution in [0.15, 0.2) is 0 Å². The summed E-state index contributed by atoms with van der Waals surface area (Å²) in [5.41, 5.74) is 0. The standard InChI is InChI=1S/C7H14O4.Mg.2H/c1-5(2)9-7(8)11-10-6(3)4;;;/h5-6H,1-4H3;;;/q;+2;2*-1. The molecule has 70 valence electrons. The molecule has 0 amide bonds. The van der Waals surface area contributed by atoms with E-state index in [2.05, 4.69) is 14.5 Å². The average Bonchev–Trinajstić information content (AvgIpc) is 1.82. The van der Waals surface area contributed by atoms with Crippen molar-refractivity contribution in [2.45, 2.75) is 39.9 Å². The van der Waals surface area contributed by atoms with E-state index < -0.39 is 6.16 Å². The Morgan fingerprint density at radius 2 is 1.67 bits per heavy atom. The SMILES string of the molecule is CC(C)OOC(=O)OC(C)C.[H-].[H-].[Mg+2]. The molecule has 4 nitrogen and oxygen atoms in total. The smallest absolute Gasteiger partial charge is 1.00 e. The van der Waals surface area contributed by atoms with Crippen LogP contribution in [0.2, 0.25) is 0 Å². The summed E-state index contributed by atoms with van der Waals surface area (Å²) in [5.74, 6) is 0. The molecule has 0 aromatic heterocycles. The van der Waals surface area contributed by atoms with E-state index in [4.69, 9.17) is 0 Å². The first-order chi connectivity index (χ1) is 5.02. The first kappa shape index (κ1) is 14.5. The van der Waals surface area contributed by atoms with E-state index >= 15 is 0 Å². The predicted molar refractivity (Wildman–Crippen MR) is 46.9 cm³/mol. The summed E-state index contributed by atoms with van der Waals surface area (Å²) in [5, 5.41) is 0. The molecule has 0 atom stereocenters. The van der Waals surface area contributed by atoms with Crippen LogP contribution >= 0.6 is 0 Å². The van der Waals surface area contributed by atoms with Gasteiger partial charge in [-0.05, 0) is 27.7 Å². The quantitative estimate of drug-likeness (QED) is 0.293. The van der Waals surface area contributed by atoms with E-state index in [0.29, 0.717) is 0 Å². The Morgan fingerprint density at radius 3 is 2.00 bits per heavy atom. The molecule has 0 bridgehead atoms. The zero-order chi connectivity index (χ0) is 8.85. The molecule has 0 aliphatic carbocycles. The van der Waals surface area contributed by atoms with Gasteiger partial charge < -0.3 is 7.59 Å². The van der Waals surface area contributed by atoms with Crippen LogP contribution in [0.25, 0.3) is 0 Å². The van der Waals surface area contributed by atoms with Gasteiger partial charge in [-0.3, -0.25) is 4.89 Å². The summed E-state index contributed by atoms with van der Waals surface area (Å²) >= 11 is 0. The molecule has 0 fully saturated rings. The van der Waals surface area contributed by atoms with Crippen LogP contribution in [0.1, 0.15) is 30.5 Å². The summed E-state index contributed by atoms with van der Waals surface area (Å²) in [7, 11) is 0. The third kappa shape index (κ3) is 10.00. The van der Waals surface area contributed by atoms with Gasteiger partial charge in [-0.15, -0.1) is 0 Å². The molecule has 12 heavy (non-hydrogen) atoms. The predicted octanol–water partition coefficient (Wildman–Crippen LogP) is 1.73. The molecule has 0 saturated heterocycles. The Bertz CT molecular complexity index is 133. The van der Waals surface area contributed by atoms with E-state index in [1.807, 2.05) is 0 Å².